The fourth-order valence-corrected chi connectivity index (χ4v) is 2.35. The normalized spacial score (nSPS) is 13.1. The van der Waals surface area contributed by atoms with Gasteiger partial charge in [-0.15, -0.1) is 0 Å². The van der Waals surface area contributed by atoms with Crippen molar-refractivity contribution in [1.29, 1.82) is 0 Å². The molecule has 0 saturated heterocycles. The summed E-state index contributed by atoms with van der Waals surface area (Å²) in [6.45, 7) is 2.07. The molecule has 27 heavy (non-hydrogen) atoms. The van der Waals surface area contributed by atoms with Gasteiger partial charge in [0.1, 0.15) is 11.4 Å². The first-order valence-electron chi connectivity index (χ1n) is 8.02. The van der Waals surface area contributed by atoms with Crippen molar-refractivity contribution in [2.75, 3.05) is 23.8 Å². The summed E-state index contributed by atoms with van der Waals surface area (Å²) >= 11 is 0. The molecule has 12 heteroatoms. The fraction of sp³-hybridized carbons (Fsp3) is 0.533. The van der Waals surface area contributed by atoms with Crippen LogP contribution in [0.1, 0.15) is 31.1 Å². The van der Waals surface area contributed by atoms with E-state index in [1.54, 1.807) is 20.8 Å². The van der Waals surface area contributed by atoms with Crippen LogP contribution in [0.15, 0.2) is 12.4 Å². The molecule has 2 aromatic heterocycles. The number of rotatable bonds is 8. The first-order valence-corrected chi connectivity index (χ1v) is 8.02. The van der Waals surface area contributed by atoms with Crippen LogP contribution in [0.25, 0.3) is 0 Å². The average Bonchev–Trinajstić information content (AvgIpc) is 2.93. The van der Waals surface area contributed by atoms with Crippen LogP contribution in [-0.4, -0.2) is 39.5 Å². The lowest BCUT2D eigenvalue weighted by Crippen LogP contribution is -2.17. The minimum atomic E-state index is -4.59. The molecule has 0 bridgehead atoms. The number of hydrogen-bond acceptors (Lipinski definition) is 6. The van der Waals surface area contributed by atoms with Gasteiger partial charge in [0, 0.05) is 12.7 Å². The molecule has 0 aromatic carbocycles. The van der Waals surface area contributed by atoms with E-state index in [9.17, 15) is 22.0 Å². The Kier molecular flexibility index (Phi) is 6.52. The first kappa shape index (κ1) is 20.8. The molecule has 0 fully saturated rings. The maximum Gasteiger partial charge on any atom is 0.421 e. The fourth-order valence-electron chi connectivity index (χ4n) is 2.35. The van der Waals surface area contributed by atoms with Crippen molar-refractivity contribution >= 4 is 17.5 Å². The molecule has 0 aliphatic rings. The van der Waals surface area contributed by atoms with Gasteiger partial charge >= 0.3 is 12.8 Å². The highest BCUT2D eigenvalue weighted by molar-refractivity contribution is 5.58. The molecule has 0 amide bonds. The molecule has 7 nitrogen and oxygen atoms in total. The largest absolute Gasteiger partial charge is 0.421 e. The van der Waals surface area contributed by atoms with E-state index in [1.807, 2.05) is 0 Å². The van der Waals surface area contributed by atoms with Gasteiger partial charge in [0.15, 0.2) is 0 Å². The van der Waals surface area contributed by atoms with Crippen molar-refractivity contribution in [1.82, 2.24) is 19.7 Å². The molecular weight excluding hydrogens is 375 g/mol. The minimum Gasteiger partial charge on any atom is -0.370 e. The Labute approximate surface area is 151 Å². The number of alkyl halides is 5. The van der Waals surface area contributed by atoms with Crippen molar-refractivity contribution in [3.8, 4) is 0 Å². The van der Waals surface area contributed by atoms with Gasteiger partial charge in [-0.25, -0.2) is 4.98 Å². The molecule has 2 heterocycles. The van der Waals surface area contributed by atoms with Crippen LogP contribution < -0.4 is 10.6 Å². The lowest BCUT2D eigenvalue weighted by molar-refractivity contribution is -0.137. The zero-order valence-electron chi connectivity index (χ0n) is 14.8. The van der Waals surface area contributed by atoms with E-state index < -0.39 is 24.4 Å². The molecular formula is C15H19F5N6O. The van der Waals surface area contributed by atoms with Crippen molar-refractivity contribution in [2.24, 2.45) is 0 Å². The maximum absolute atomic E-state index is 13.0. The van der Waals surface area contributed by atoms with Crippen molar-refractivity contribution in [3.63, 3.8) is 0 Å². The number of aromatic nitrogens is 4. The van der Waals surface area contributed by atoms with Crippen LogP contribution in [0.2, 0.25) is 0 Å². The standard InChI is InChI=1S/C15H19F5N6O/c1-4-21-12-10(15(18,19)20)5-22-14(25-12)24-11-6-23-26(9(11)3)8(2)7-27-13(16)17/h5-6,8,13H,4,7H2,1-3H3,(H2,21,22,24,25)/t8-/m0/s1. The van der Waals surface area contributed by atoms with Crippen molar-refractivity contribution < 1.29 is 26.7 Å². The Morgan fingerprint density at radius 3 is 2.56 bits per heavy atom. The third-order valence-electron chi connectivity index (χ3n) is 3.61. The summed E-state index contributed by atoms with van der Waals surface area (Å²) in [5.74, 6) is -0.399. The van der Waals surface area contributed by atoms with Gasteiger partial charge in [0.2, 0.25) is 5.95 Å². The molecule has 2 aromatic rings. The average molecular weight is 394 g/mol. The molecule has 1 atom stereocenters. The van der Waals surface area contributed by atoms with Crippen molar-refractivity contribution in [3.05, 3.63) is 23.7 Å². The third-order valence-corrected chi connectivity index (χ3v) is 3.61. The Morgan fingerprint density at radius 2 is 1.96 bits per heavy atom. The predicted molar refractivity (Wildman–Crippen MR) is 88.1 cm³/mol. The highest BCUT2D eigenvalue weighted by Gasteiger charge is 2.35. The summed E-state index contributed by atoms with van der Waals surface area (Å²) in [5.41, 5.74) is 0.0232. The molecule has 0 aliphatic carbocycles. The second-order valence-corrected chi connectivity index (χ2v) is 5.64. The van der Waals surface area contributed by atoms with Crippen molar-refractivity contribution in [2.45, 2.75) is 39.6 Å². The monoisotopic (exact) mass is 394 g/mol. The Morgan fingerprint density at radius 1 is 1.26 bits per heavy atom. The predicted octanol–water partition coefficient (Wildman–Crippen LogP) is 3.98. The molecule has 0 spiro atoms. The lowest BCUT2D eigenvalue weighted by atomic mass is 10.3. The first-order chi connectivity index (χ1) is 12.6. The van der Waals surface area contributed by atoms with Crippen LogP contribution in [0.3, 0.4) is 0 Å². The number of nitrogens with zero attached hydrogens (tertiary/aromatic N) is 4. The smallest absolute Gasteiger partial charge is 0.370 e. The molecule has 0 unspecified atom stereocenters. The highest BCUT2D eigenvalue weighted by Crippen LogP contribution is 2.34. The van der Waals surface area contributed by atoms with Gasteiger partial charge in [0.25, 0.3) is 0 Å². The van der Waals surface area contributed by atoms with Gasteiger partial charge < -0.3 is 15.4 Å². The van der Waals surface area contributed by atoms with E-state index in [4.69, 9.17) is 0 Å². The summed E-state index contributed by atoms with van der Waals surface area (Å²) in [5, 5.41) is 9.43. The van der Waals surface area contributed by atoms with E-state index in [0.29, 0.717) is 17.6 Å². The van der Waals surface area contributed by atoms with E-state index in [2.05, 4.69) is 30.4 Å². The molecule has 2 N–H and O–H groups in total. The van der Waals surface area contributed by atoms with E-state index in [1.165, 1.54) is 10.9 Å². The minimum absolute atomic E-state index is 0.0573. The number of halogens is 5. The Hall–Kier alpha value is -2.50. The maximum atomic E-state index is 13.0. The summed E-state index contributed by atoms with van der Waals surface area (Å²) in [4.78, 5) is 7.56. The number of ether oxygens (including phenoxy) is 1. The third kappa shape index (κ3) is 5.25. The molecule has 150 valence electrons. The molecule has 0 saturated carbocycles. The lowest BCUT2D eigenvalue weighted by Gasteiger charge is -2.15. The van der Waals surface area contributed by atoms with Gasteiger partial charge in [-0.1, -0.05) is 0 Å². The van der Waals surface area contributed by atoms with Crippen LogP contribution in [0.4, 0.5) is 39.4 Å². The molecule has 2 rings (SSSR count). The molecule has 0 radical (unpaired) electrons. The second-order valence-electron chi connectivity index (χ2n) is 5.64. The van der Waals surface area contributed by atoms with Gasteiger partial charge in [-0.05, 0) is 20.8 Å². The van der Waals surface area contributed by atoms with E-state index in [0.717, 1.165) is 0 Å². The van der Waals surface area contributed by atoms with Crippen LogP contribution in [0.5, 0.6) is 0 Å². The summed E-state index contributed by atoms with van der Waals surface area (Å²) in [6.07, 6.45) is -2.49. The molecule has 0 aliphatic heterocycles. The Bertz CT molecular complexity index is 764. The van der Waals surface area contributed by atoms with Gasteiger partial charge in [-0.2, -0.15) is 32.0 Å². The van der Waals surface area contributed by atoms with E-state index in [-0.39, 0.29) is 24.9 Å². The second kappa shape index (κ2) is 8.46. The summed E-state index contributed by atoms with van der Waals surface area (Å²) in [7, 11) is 0. The van der Waals surface area contributed by atoms with Crippen LogP contribution in [-0.2, 0) is 10.9 Å². The zero-order valence-corrected chi connectivity index (χ0v) is 14.8. The van der Waals surface area contributed by atoms with E-state index >= 15 is 0 Å². The van der Waals surface area contributed by atoms with Crippen LogP contribution in [0, 0.1) is 6.92 Å². The summed E-state index contributed by atoms with van der Waals surface area (Å²) < 4.78 is 69.0. The number of hydrogen-bond donors (Lipinski definition) is 2. The zero-order chi connectivity index (χ0) is 20.2. The van der Waals surface area contributed by atoms with Crippen LogP contribution >= 0.6 is 0 Å². The number of nitrogens with one attached hydrogen (secondary N) is 2. The summed E-state index contributed by atoms with van der Waals surface area (Å²) in [6, 6.07) is -0.472. The van der Waals surface area contributed by atoms with Gasteiger partial charge in [0.05, 0.1) is 30.2 Å². The Balaban J connectivity index is 2.21. The quantitative estimate of drug-likeness (QED) is 0.660. The SMILES string of the molecule is CCNc1nc(Nc2cnn([C@@H](C)COC(F)F)c2C)ncc1C(F)(F)F. The highest BCUT2D eigenvalue weighted by atomic mass is 19.4. The van der Waals surface area contributed by atoms with Gasteiger partial charge in [-0.3, -0.25) is 4.68 Å². The number of anilines is 3. The topological polar surface area (TPSA) is 76.9 Å².